The molecule has 2 aromatic carbocycles. The Morgan fingerprint density at radius 1 is 1.11 bits per heavy atom. The molecular formula is C15H16BrNO2. The van der Waals surface area contributed by atoms with Crippen molar-refractivity contribution in [1.82, 2.24) is 0 Å². The minimum Gasteiger partial charge on any atom is -0.497 e. The van der Waals surface area contributed by atoms with E-state index in [1.54, 1.807) is 7.11 Å². The number of benzene rings is 2. The molecule has 3 nitrogen and oxygen atoms in total. The van der Waals surface area contributed by atoms with Gasteiger partial charge in [-0.1, -0.05) is 28.1 Å². The van der Waals surface area contributed by atoms with Gasteiger partial charge in [0, 0.05) is 16.6 Å². The van der Waals surface area contributed by atoms with Crippen molar-refractivity contribution in [2.45, 2.75) is 13.2 Å². The first-order valence-electron chi connectivity index (χ1n) is 5.97. The number of hydrogen-bond donors (Lipinski definition) is 1. The van der Waals surface area contributed by atoms with Gasteiger partial charge in [0.15, 0.2) is 0 Å². The molecule has 2 N–H and O–H groups in total. The Morgan fingerprint density at radius 3 is 2.47 bits per heavy atom. The van der Waals surface area contributed by atoms with Gasteiger partial charge in [-0.2, -0.15) is 0 Å². The van der Waals surface area contributed by atoms with Crippen molar-refractivity contribution in [2.24, 2.45) is 5.73 Å². The van der Waals surface area contributed by atoms with Crippen molar-refractivity contribution in [1.29, 1.82) is 0 Å². The van der Waals surface area contributed by atoms with Gasteiger partial charge < -0.3 is 15.2 Å². The fraction of sp³-hybridized carbons (Fsp3) is 0.200. The lowest BCUT2D eigenvalue weighted by molar-refractivity contribution is 0.302. The highest BCUT2D eigenvalue weighted by Gasteiger charge is 2.03. The van der Waals surface area contributed by atoms with Crippen molar-refractivity contribution in [3.05, 3.63) is 58.1 Å². The van der Waals surface area contributed by atoms with Crippen LogP contribution in [0.2, 0.25) is 0 Å². The molecule has 0 radical (unpaired) electrons. The van der Waals surface area contributed by atoms with Crippen LogP contribution in [0.15, 0.2) is 46.9 Å². The van der Waals surface area contributed by atoms with E-state index in [4.69, 9.17) is 15.2 Å². The molecule has 2 aromatic rings. The number of nitrogens with two attached hydrogens (primary N) is 1. The van der Waals surface area contributed by atoms with Crippen molar-refractivity contribution < 1.29 is 9.47 Å². The molecule has 0 aliphatic rings. The first-order chi connectivity index (χ1) is 9.22. The molecule has 0 atom stereocenters. The number of ether oxygens (including phenoxy) is 2. The lowest BCUT2D eigenvalue weighted by Gasteiger charge is -2.11. The van der Waals surface area contributed by atoms with E-state index in [1.165, 1.54) is 0 Å². The Morgan fingerprint density at radius 2 is 1.84 bits per heavy atom. The summed E-state index contributed by atoms with van der Waals surface area (Å²) in [5.41, 5.74) is 7.79. The molecule has 0 spiro atoms. The maximum Gasteiger partial charge on any atom is 0.124 e. The molecule has 0 saturated heterocycles. The quantitative estimate of drug-likeness (QED) is 0.916. The van der Waals surface area contributed by atoms with Gasteiger partial charge in [-0.3, -0.25) is 0 Å². The topological polar surface area (TPSA) is 44.5 Å². The molecule has 0 bridgehead atoms. The van der Waals surface area contributed by atoms with Crippen molar-refractivity contribution in [2.75, 3.05) is 7.11 Å². The fourth-order valence-corrected chi connectivity index (χ4v) is 2.14. The Labute approximate surface area is 121 Å². The van der Waals surface area contributed by atoms with Crippen LogP contribution in [-0.4, -0.2) is 7.11 Å². The third-order valence-corrected chi connectivity index (χ3v) is 3.29. The molecule has 0 aliphatic carbocycles. The van der Waals surface area contributed by atoms with E-state index < -0.39 is 0 Å². The standard InChI is InChI=1S/C15H16BrNO2/c1-18-14-5-2-11(3-6-14)10-19-15-7-4-13(16)8-12(15)9-17/h2-8H,9-10,17H2,1H3. The van der Waals surface area contributed by atoms with Crippen LogP contribution in [0.1, 0.15) is 11.1 Å². The normalized spacial score (nSPS) is 10.3. The highest BCUT2D eigenvalue weighted by Crippen LogP contribution is 2.24. The van der Waals surface area contributed by atoms with E-state index in [9.17, 15) is 0 Å². The molecule has 4 heteroatoms. The van der Waals surface area contributed by atoms with Crippen LogP contribution in [0.4, 0.5) is 0 Å². The fourth-order valence-electron chi connectivity index (χ4n) is 1.73. The minimum atomic E-state index is 0.456. The molecule has 19 heavy (non-hydrogen) atoms. The zero-order valence-corrected chi connectivity index (χ0v) is 12.3. The summed E-state index contributed by atoms with van der Waals surface area (Å²) in [6.45, 7) is 0.968. The molecule has 2 rings (SSSR count). The number of rotatable bonds is 5. The number of methoxy groups -OCH3 is 1. The summed E-state index contributed by atoms with van der Waals surface area (Å²) >= 11 is 3.42. The number of hydrogen-bond acceptors (Lipinski definition) is 3. The third kappa shape index (κ3) is 3.72. The van der Waals surface area contributed by atoms with Crippen LogP contribution in [0.3, 0.4) is 0 Å². The summed E-state index contributed by atoms with van der Waals surface area (Å²) in [5.74, 6) is 1.66. The maximum atomic E-state index is 5.80. The van der Waals surface area contributed by atoms with Gasteiger partial charge in [-0.05, 0) is 35.9 Å². The molecular weight excluding hydrogens is 306 g/mol. The van der Waals surface area contributed by atoms with E-state index >= 15 is 0 Å². The smallest absolute Gasteiger partial charge is 0.124 e. The average Bonchev–Trinajstić information content (AvgIpc) is 2.46. The first-order valence-corrected chi connectivity index (χ1v) is 6.76. The van der Waals surface area contributed by atoms with Gasteiger partial charge in [-0.15, -0.1) is 0 Å². The summed E-state index contributed by atoms with van der Waals surface area (Å²) in [6.07, 6.45) is 0. The van der Waals surface area contributed by atoms with Gasteiger partial charge in [0.1, 0.15) is 18.1 Å². The predicted molar refractivity (Wildman–Crippen MR) is 79.4 cm³/mol. The van der Waals surface area contributed by atoms with Gasteiger partial charge >= 0.3 is 0 Å². The Balaban J connectivity index is 2.05. The third-order valence-electron chi connectivity index (χ3n) is 2.80. The van der Waals surface area contributed by atoms with E-state index in [1.807, 2.05) is 42.5 Å². The van der Waals surface area contributed by atoms with Crippen LogP contribution >= 0.6 is 15.9 Å². The highest BCUT2D eigenvalue weighted by molar-refractivity contribution is 9.10. The SMILES string of the molecule is COc1ccc(COc2ccc(Br)cc2CN)cc1. The number of halogens is 1. The van der Waals surface area contributed by atoms with Crippen LogP contribution in [0, 0.1) is 0 Å². The molecule has 0 fully saturated rings. The first kappa shape index (κ1) is 13.9. The average molecular weight is 322 g/mol. The van der Waals surface area contributed by atoms with Crippen LogP contribution in [0.25, 0.3) is 0 Å². The second-order valence-electron chi connectivity index (χ2n) is 4.09. The predicted octanol–water partition coefficient (Wildman–Crippen LogP) is 3.50. The Kier molecular flexibility index (Phi) is 4.82. The van der Waals surface area contributed by atoms with E-state index in [0.717, 1.165) is 27.1 Å². The summed E-state index contributed by atoms with van der Waals surface area (Å²) in [5, 5.41) is 0. The van der Waals surface area contributed by atoms with Crippen LogP contribution in [0.5, 0.6) is 11.5 Å². The lowest BCUT2D eigenvalue weighted by Crippen LogP contribution is -2.02. The maximum absolute atomic E-state index is 5.80. The van der Waals surface area contributed by atoms with Gasteiger partial charge in [-0.25, -0.2) is 0 Å². The van der Waals surface area contributed by atoms with Gasteiger partial charge in [0.05, 0.1) is 7.11 Å². The largest absolute Gasteiger partial charge is 0.497 e. The molecule has 0 saturated carbocycles. The lowest BCUT2D eigenvalue weighted by atomic mass is 10.2. The molecule has 0 unspecified atom stereocenters. The summed E-state index contributed by atoms with van der Waals surface area (Å²) in [7, 11) is 1.65. The summed E-state index contributed by atoms with van der Waals surface area (Å²) in [4.78, 5) is 0. The second kappa shape index (κ2) is 6.59. The van der Waals surface area contributed by atoms with Gasteiger partial charge in [0.2, 0.25) is 0 Å². The molecule has 0 aromatic heterocycles. The van der Waals surface area contributed by atoms with Gasteiger partial charge in [0.25, 0.3) is 0 Å². The Hall–Kier alpha value is -1.52. The van der Waals surface area contributed by atoms with E-state index in [0.29, 0.717) is 13.2 Å². The monoisotopic (exact) mass is 321 g/mol. The molecule has 0 aliphatic heterocycles. The van der Waals surface area contributed by atoms with Crippen LogP contribution in [-0.2, 0) is 13.2 Å². The minimum absolute atomic E-state index is 0.456. The molecule has 0 heterocycles. The zero-order chi connectivity index (χ0) is 13.7. The van der Waals surface area contributed by atoms with Crippen molar-refractivity contribution in [3.8, 4) is 11.5 Å². The second-order valence-corrected chi connectivity index (χ2v) is 5.01. The Bertz CT molecular complexity index is 540. The highest BCUT2D eigenvalue weighted by atomic mass is 79.9. The van der Waals surface area contributed by atoms with Crippen molar-refractivity contribution >= 4 is 15.9 Å². The summed E-state index contributed by atoms with van der Waals surface area (Å²) < 4.78 is 11.9. The zero-order valence-electron chi connectivity index (χ0n) is 10.7. The molecule has 100 valence electrons. The summed E-state index contributed by atoms with van der Waals surface area (Å²) in [6, 6.07) is 13.7. The van der Waals surface area contributed by atoms with E-state index in [2.05, 4.69) is 15.9 Å². The van der Waals surface area contributed by atoms with E-state index in [-0.39, 0.29) is 0 Å². The van der Waals surface area contributed by atoms with Crippen molar-refractivity contribution in [3.63, 3.8) is 0 Å². The van der Waals surface area contributed by atoms with Crippen LogP contribution < -0.4 is 15.2 Å². The molecule has 0 amide bonds.